The van der Waals surface area contributed by atoms with Gasteiger partial charge in [0.25, 0.3) is 0 Å². The Morgan fingerprint density at radius 3 is 2.43 bits per heavy atom. The van der Waals surface area contributed by atoms with Crippen LogP contribution in [0.3, 0.4) is 0 Å². The Morgan fingerprint density at radius 1 is 0.905 bits per heavy atom. The number of nitrogens with zero attached hydrogens (tertiary/aromatic N) is 1. The van der Waals surface area contributed by atoms with Crippen LogP contribution >= 0.6 is 23.2 Å². The number of nitrogen functional groups attached to an aromatic ring is 1. The number of anilines is 1. The second kappa shape index (κ2) is 5.80. The highest BCUT2D eigenvalue weighted by atomic mass is 35.5. The second-order valence-corrected chi connectivity index (χ2v) is 5.36. The van der Waals surface area contributed by atoms with Crippen LogP contribution in [0.15, 0.2) is 48.5 Å². The topological polar surface area (TPSA) is 48.1 Å². The van der Waals surface area contributed by atoms with Gasteiger partial charge in [-0.25, -0.2) is 4.98 Å². The van der Waals surface area contributed by atoms with Gasteiger partial charge in [0.2, 0.25) is 0 Å². The lowest BCUT2D eigenvalue weighted by Crippen LogP contribution is -2.02. The van der Waals surface area contributed by atoms with E-state index in [1.54, 1.807) is 12.1 Å². The molecule has 0 bridgehead atoms. The maximum atomic E-state index is 6.19. The smallest absolute Gasteiger partial charge is 0.132 e. The number of hydrogen-bond acceptors (Lipinski definition) is 3. The normalized spacial score (nSPS) is 10.8. The number of benzene rings is 2. The van der Waals surface area contributed by atoms with Crippen LogP contribution in [0, 0.1) is 0 Å². The van der Waals surface area contributed by atoms with Crippen LogP contribution in [0.25, 0.3) is 10.8 Å². The zero-order chi connectivity index (χ0) is 14.8. The van der Waals surface area contributed by atoms with Crippen LogP contribution in [-0.4, -0.2) is 4.98 Å². The lowest BCUT2D eigenvalue weighted by molar-refractivity contribution is 0.305. The Balaban J connectivity index is 1.92. The molecule has 3 aromatic rings. The third-order valence-corrected chi connectivity index (χ3v) is 3.81. The molecule has 0 amide bonds. The molecular formula is C16H12Cl2N2O. The molecule has 3 nitrogen and oxygen atoms in total. The van der Waals surface area contributed by atoms with Crippen molar-refractivity contribution < 1.29 is 4.74 Å². The van der Waals surface area contributed by atoms with Gasteiger partial charge in [-0.15, -0.1) is 0 Å². The average Bonchev–Trinajstić information content (AvgIpc) is 2.50. The molecule has 0 saturated heterocycles. The fraction of sp³-hybridized carbons (Fsp3) is 0.0625. The molecule has 0 unspecified atom stereocenters. The Kier molecular flexibility index (Phi) is 3.86. The van der Waals surface area contributed by atoms with E-state index in [4.69, 9.17) is 33.7 Å². The number of ether oxygens (including phenoxy) is 1. The summed E-state index contributed by atoms with van der Waals surface area (Å²) in [4.78, 5) is 4.18. The Labute approximate surface area is 132 Å². The SMILES string of the molecule is Nc1ccc(Cl)c(COc2ccc(Cl)c3ccccc23)n1. The van der Waals surface area contributed by atoms with Crippen LogP contribution in [0.4, 0.5) is 5.82 Å². The molecule has 0 aliphatic carbocycles. The number of hydrogen-bond donors (Lipinski definition) is 1. The summed E-state index contributed by atoms with van der Waals surface area (Å²) in [5, 5.41) is 3.12. The molecular weight excluding hydrogens is 307 g/mol. The molecule has 1 aromatic heterocycles. The Morgan fingerprint density at radius 2 is 1.62 bits per heavy atom. The molecule has 0 aliphatic heterocycles. The van der Waals surface area contributed by atoms with Crippen molar-refractivity contribution in [2.75, 3.05) is 5.73 Å². The van der Waals surface area contributed by atoms with Crippen molar-refractivity contribution in [3.63, 3.8) is 0 Å². The van der Waals surface area contributed by atoms with Crippen molar-refractivity contribution in [3.8, 4) is 5.75 Å². The van der Waals surface area contributed by atoms with Gasteiger partial charge >= 0.3 is 0 Å². The van der Waals surface area contributed by atoms with Crippen molar-refractivity contribution in [2.24, 2.45) is 0 Å². The van der Waals surface area contributed by atoms with Gasteiger partial charge in [-0.1, -0.05) is 47.5 Å². The molecule has 0 fully saturated rings. The highest BCUT2D eigenvalue weighted by Crippen LogP contribution is 2.32. The molecule has 2 aromatic carbocycles. The zero-order valence-electron chi connectivity index (χ0n) is 11.0. The van der Waals surface area contributed by atoms with E-state index in [2.05, 4.69) is 4.98 Å². The molecule has 3 rings (SSSR count). The van der Waals surface area contributed by atoms with Crippen LogP contribution in [-0.2, 0) is 6.61 Å². The number of halogens is 2. The predicted octanol–water partition coefficient (Wildman–Crippen LogP) is 4.70. The molecule has 0 aliphatic rings. The molecule has 21 heavy (non-hydrogen) atoms. The quantitative estimate of drug-likeness (QED) is 0.761. The number of pyridine rings is 1. The third kappa shape index (κ3) is 2.89. The maximum absolute atomic E-state index is 6.19. The lowest BCUT2D eigenvalue weighted by atomic mass is 10.1. The summed E-state index contributed by atoms with van der Waals surface area (Å²) in [6.45, 7) is 0.246. The number of fused-ring (bicyclic) bond motifs is 1. The van der Waals surface area contributed by atoms with Crippen LogP contribution in [0.2, 0.25) is 10.0 Å². The van der Waals surface area contributed by atoms with Crippen LogP contribution in [0.1, 0.15) is 5.69 Å². The molecule has 106 valence electrons. The molecule has 0 atom stereocenters. The minimum absolute atomic E-state index is 0.246. The summed E-state index contributed by atoms with van der Waals surface area (Å²) in [7, 11) is 0. The van der Waals surface area contributed by atoms with Gasteiger partial charge < -0.3 is 10.5 Å². The molecule has 0 spiro atoms. The van der Waals surface area contributed by atoms with Gasteiger partial charge in [0, 0.05) is 15.8 Å². The summed E-state index contributed by atoms with van der Waals surface area (Å²) in [5.74, 6) is 1.15. The number of aromatic nitrogens is 1. The van der Waals surface area contributed by atoms with Crippen LogP contribution < -0.4 is 10.5 Å². The van der Waals surface area contributed by atoms with Gasteiger partial charge in [0.05, 0.1) is 10.7 Å². The fourth-order valence-corrected chi connectivity index (χ4v) is 2.50. The van der Waals surface area contributed by atoms with Gasteiger partial charge in [-0.3, -0.25) is 0 Å². The third-order valence-electron chi connectivity index (χ3n) is 3.14. The Bertz CT molecular complexity index is 805. The van der Waals surface area contributed by atoms with Crippen molar-refractivity contribution >= 4 is 39.8 Å². The lowest BCUT2D eigenvalue weighted by Gasteiger charge is -2.11. The first-order valence-corrected chi connectivity index (χ1v) is 7.11. The zero-order valence-corrected chi connectivity index (χ0v) is 12.5. The van der Waals surface area contributed by atoms with Gasteiger partial charge in [0.1, 0.15) is 18.2 Å². The van der Waals surface area contributed by atoms with Gasteiger partial charge in [0.15, 0.2) is 0 Å². The molecule has 1 heterocycles. The second-order valence-electron chi connectivity index (χ2n) is 4.54. The van der Waals surface area contributed by atoms with Gasteiger partial charge in [-0.05, 0) is 24.3 Å². The first-order chi connectivity index (χ1) is 10.1. The molecule has 5 heteroatoms. The minimum atomic E-state index is 0.246. The van der Waals surface area contributed by atoms with Crippen molar-refractivity contribution in [1.82, 2.24) is 4.98 Å². The summed E-state index contributed by atoms with van der Waals surface area (Å²) in [5.41, 5.74) is 6.27. The standard InChI is InChI=1S/C16H12Cl2N2O/c17-12-5-7-15(11-4-2-1-3-10(11)12)21-9-14-13(18)6-8-16(19)20-14/h1-8H,9H2,(H2,19,20). The minimum Gasteiger partial charge on any atom is -0.487 e. The summed E-state index contributed by atoms with van der Waals surface area (Å²) < 4.78 is 5.84. The largest absolute Gasteiger partial charge is 0.487 e. The monoisotopic (exact) mass is 318 g/mol. The van der Waals surface area contributed by atoms with Crippen LogP contribution in [0.5, 0.6) is 5.75 Å². The average molecular weight is 319 g/mol. The first kappa shape index (κ1) is 14.0. The van der Waals surface area contributed by atoms with E-state index < -0.39 is 0 Å². The maximum Gasteiger partial charge on any atom is 0.132 e. The van der Waals surface area contributed by atoms with E-state index >= 15 is 0 Å². The summed E-state index contributed by atoms with van der Waals surface area (Å²) >= 11 is 12.3. The van der Waals surface area contributed by atoms with E-state index in [1.165, 1.54) is 0 Å². The summed E-state index contributed by atoms with van der Waals surface area (Å²) in [6.07, 6.45) is 0. The molecule has 0 radical (unpaired) electrons. The van der Waals surface area contributed by atoms with Crippen molar-refractivity contribution in [3.05, 3.63) is 64.3 Å². The van der Waals surface area contributed by atoms with E-state index in [9.17, 15) is 0 Å². The van der Waals surface area contributed by atoms with Gasteiger partial charge in [-0.2, -0.15) is 0 Å². The summed E-state index contributed by atoms with van der Waals surface area (Å²) in [6, 6.07) is 14.8. The fourth-order valence-electron chi connectivity index (χ4n) is 2.11. The van der Waals surface area contributed by atoms with Crippen molar-refractivity contribution in [2.45, 2.75) is 6.61 Å². The highest BCUT2D eigenvalue weighted by molar-refractivity contribution is 6.35. The predicted molar refractivity (Wildman–Crippen MR) is 86.9 cm³/mol. The number of rotatable bonds is 3. The molecule has 2 N–H and O–H groups in total. The number of nitrogens with two attached hydrogens (primary N) is 1. The molecule has 0 saturated carbocycles. The van der Waals surface area contributed by atoms with E-state index in [1.807, 2.05) is 36.4 Å². The van der Waals surface area contributed by atoms with E-state index in [0.29, 0.717) is 21.6 Å². The Hall–Kier alpha value is -1.97. The van der Waals surface area contributed by atoms with E-state index in [0.717, 1.165) is 16.5 Å². The van der Waals surface area contributed by atoms with E-state index in [-0.39, 0.29) is 6.61 Å². The first-order valence-electron chi connectivity index (χ1n) is 6.36. The van der Waals surface area contributed by atoms with Crippen molar-refractivity contribution in [1.29, 1.82) is 0 Å². The highest BCUT2D eigenvalue weighted by Gasteiger charge is 2.08.